The van der Waals surface area contributed by atoms with Gasteiger partial charge in [-0.3, -0.25) is 4.79 Å². The minimum atomic E-state index is -0.185. The van der Waals surface area contributed by atoms with Crippen LogP contribution in [0.3, 0.4) is 0 Å². The van der Waals surface area contributed by atoms with E-state index < -0.39 is 0 Å². The normalized spacial score (nSPS) is 19.7. The molecule has 0 unspecified atom stereocenters. The average Bonchev–Trinajstić information content (AvgIpc) is 2.68. The smallest absolute Gasteiger partial charge is 0.230 e. The van der Waals surface area contributed by atoms with Crippen LogP contribution in [0.5, 0.6) is 0 Å². The number of amides is 1. The highest BCUT2D eigenvalue weighted by molar-refractivity contribution is 5.87. The summed E-state index contributed by atoms with van der Waals surface area (Å²) in [4.78, 5) is 11.2. The Morgan fingerprint density at radius 1 is 1.80 bits per heavy atom. The standard InChI is InChI=1S/C8H13NO/c1-3-8(5-6-8)7(10)9-4-2/h3H,1,4-6H2,2H3,(H,9,10). The van der Waals surface area contributed by atoms with Crippen LogP contribution >= 0.6 is 0 Å². The monoisotopic (exact) mass is 139 g/mol. The Bertz CT molecular complexity index is 159. The van der Waals surface area contributed by atoms with Crippen molar-refractivity contribution < 1.29 is 4.79 Å². The van der Waals surface area contributed by atoms with Gasteiger partial charge in [-0.25, -0.2) is 0 Å². The number of carbonyl (C=O) groups excluding carboxylic acids is 1. The van der Waals surface area contributed by atoms with Gasteiger partial charge in [0.2, 0.25) is 5.91 Å². The first-order valence-corrected chi connectivity index (χ1v) is 3.67. The lowest BCUT2D eigenvalue weighted by molar-refractivity contribution is -0.124. The SMILES string of the molecule is C=CC1(C(=O)NCC)CC1. The number of nitrogens with one attached hydrogen (secondary N) is 1. The van der Waals surface area contributed by atoms with Gasteiger partial charge in [0, 0.05) is 6.54 Å². The minimum absolute atomic E-state index is 0.144. The van der Waals surface area contributed by atoms with Crippen LogP contribution in [0.15, 0.2) is 12.7 Å². The third-order valence-electron chi connectivity index (χ3n) is 1.97. The molecule has 1 aliphatic rings. The highest BCUT2D eigenvalue weighted by atomic mass is 16.2. The highest BCUT2D eigenvalue weighted by Crippen LogP contribution is 2.46. The van der Waals surface area contributed by atoms with Crippen LogP contribution in [-0.2, 0) is 4.79 Å². The van der Waals surface area contributed by atoms with Gasteiger partial charge < -0.3 is 5.32 Å². The van der Waals surface area contributed by atoms with Gasteiger partial charge in [-0.05, 0) is 19.8 Å². The topological polar surface area (TPSA) is 29.1 Å². The van der Waals surface area contributed by atoms with E-state index in [1.54, 1.807) is 6.08 Å². The van der Waals surface area contributed by atoms with E-state index in [0.717, 1.165) is 12.8 Å². The Morgan fingerprint density at radius 3 is 2.70 bits per heavy atom. The molecule has 0 atom stereocenters. The molecule has 1 fully saturated rings. The molecular weight excluding hydrogens is 126 g/mol. The predicted molar refractivity (Wildman–Crippen MR) is 40.5 cm³/mol. The molecule has 0 aromatic rings. The Hall–Kier alpha value is -0.790. The summed E-state index contributed by atoms with van der Waals surface area (Å²) >= 11 is 0. The Morgan fingerprint density at radius 2 is 2.40 bits per heavy atom. The zero-order valence-electron chi connectivity index (χ0n) is 6.31. The maximum atomic E-state index is 11.2. The zero-order chi connectivity index (χ0) is 7.61. The van der Waals surface area contributed by atoms with Crippen molar-refractivity contribution in [2.45, 2.75) is 19.8 Å². The molecule has 0 radical (unpaired) electrons. The second-order valence-corrected chi connectivity index (χ2v) is 2.72. The third-order valence-corrected chi connectivity index (χ3v) is 1.97. The zero-order valence-corrected chi connectivity index (χ0v) is 6.31. The molecule has 1 aliphatic carbocycles. The fraction of sp³-hybridized carbons (Fsp3) is 0.625. The number of rotatable bonds is 3. The summed E-state index contributed by atoms with van der Waals surface area (Å²) in [5.41, 5.74) is -0.185. The molecular formula is C8H13NO. The van der Waals surface area contributed by atoms with E-state index in [9.17, 15) is 4.79 Å². The number of carbonyl (C=O) groups is 1. The molecule has 0 aromatic heterocycles. The van der Waals surface area contributed by atoms with E-state index in [0.29, 0.717) is 6.54 Å². The van der Waals surface area contributed by atoms with Crippen LogP contribution in [0, 0.1) is 5.41 Å². The van der Waals surface area contributed by atoms with Gasteiger partial charge in [0.05, 0.1) is 5.41 Å². The van der Waals surface area contributed by atoms with Crippen molar-refractivity contribution in [1.82, 2.24) is 5.32 Å². The van der Waals surface area contributed by atoms with Crippen LogP contribution in [0.25, 0.3) is 0 Å². The van der Waals surface area contributed by atoms with E-state index in [1.807, 2.05) is 6.92 Å². The molecule has 1 rings (SSSR count). The van der Waals surface area contributed by atoms with Gasteiger partial charge in [0.15, 0.2) is 0 Å². The number of hydrogen-bond donors (Lipinski definition) is 1. The summed E-state index contributed by atoms with van der Waals surface area (Å²) < 4.78 is 0. The Balaban J connectivity index is 2.47. The molecule has 0 heterocycles. The highest BCUT2D eigenvalue weighted by Gasteiger charge is 2.46. The molecule has 0 saturated heterocycles. The van der Waals surface area contributed by atoms with Crippen LogP contribution in [-0.4, -0.2) is 12.5 Å². The summed E-state index contributed by atoms with van der Waals surface area (Å²) in [6, 6.07) is 0. The first kappa shape index (κ1) is 7.32. The summed E-state index contributed by atoms with van der Waals surface area (Å²) in [6.45, 7) is 6.28. The molecule has 10 heavy (non-hydrogen) atoms. The van der Waals surface area contributed by atoms with Crippen molar-refractivity contribution in [3.63, 3.8) is 0 Å². The molecule has 0 aromatic carbocycles. The molecule has 0 aliphatic heterocycles. The van der Waals surface area contributed by atoms with Crippen LogP contribution in [0.2, 0.25) is 0 Å². The first-order valence-electron chi connectivity index (χ1n) is 3.67. The van der Waals surface area contributed by atoms with Crippen LogP contribution < -0.4 is 5.32 Å². The molecule has 56 valence electrons. The van der Waals surface area contributed by atoms with Gasteiger partial charge in [0.1, 0.15) is 0 Å². The van der Waals surface area contributed by atoms with Crippen molar-refractivity contribution in [1.29, 1.82) is 0 Å². The lowest BCUT2D eigenvalue weighted by Crippen LogP contribution is -2.30. The second-order valence-electron chi connectivity index (χ2n) is 2.72. The average molecular weight is 139 g/mol. The summed E-state index contributed by atoms with van der Waals surface area (Å²) in [5, 5.41) is 2.79. The lowest BCUT2D eigenvalue weighted by Gasteiger charge is -2.07. The van der Waals surface area contributed by atoms with Crippen molar-refractivity contribution >= 4 is 5.91 Å². The fourth-order valence-corrected chi connectivity index (χ4v) is 0.995. The summed E-state index contributed by atoms with van der Waals surface area (Å²) in [7, 11) is 0. The minimum Gasteiger partial charge on any atom is -0.356 e. The van der Waals surface area contributed by atoms with Crippen molar-refractivity contribution in [2.24, 2.45) is 5.41 Å². The van der Waals surface area contributed by atoms with E-state index in [2.05, 4.69) is 11.9 Å². The van der Waals surface area contributed by atoms with Crippen molar-refractivity contribution in [2.75, 3.05) is 6.54 Å². The maximum absolute atomic E-state index is 11.2. The molecule has 0 bridgehead atoms. The predicted octanol–water partition coefficient (Wildman–Crippen LogP) is 1.09. The van der Waals surface area contributed by atoms with Gasteiger partial charge in [0.25, 0.3) is 0 Å². The molecule has 1 saturated carbocycles. The van der Waals surface area contributed by atoms with E-state index in [1.165, 1.54) is 0 Å². The van der Waals surface area contributed by atoms with E-state index in [4.69, 9.17) is 0 Å². The first-order chi connectivity index (χ1) is 4.75. The quantitative estimate of drug-likeness (QED) is 0.582. The van der Waals surface area contributed by atoms with Gasteiger partial charge >= 0.3 is 0 Å². The van der Waals surface area contributed by atoms with Crippen molar-refractivity contribution in [3.05, 3.63) is 12.7 Å². The van der Waals surface area contributed by atoms with Crippen LogP contribution in [0.4, 0.5) is 0 Å². The van der Waals surface area contributed by atoms with Crippen LogP contribution in [0.1, 0.15) is 19.8 Å². The largest absolute Gasteiger partial charge is 0.356 e. The Kier molecular flexibility index (Phi) is 1.79. The second kappa shape index (κ2) is 2.45. The maximum Gasteiger partial charge on any atom is 0.230 e. The fourth-order valence-electron chi connectivity index (χ4n) is 0.995. The molecule has 1 amide bonds. The molecule has 2 heteroatoms. The van der Waals surface area contributed by atoms with Gasteiger partial charge in [-0.15, -0.1) is 6.58 Å². The lowest BCUT2D eigenvalue weighted by atomic mass is 10.1. The summed E-state index contributed by atoms with van der Waals surface area (Å²) in [5.74, 6) is 0.144. The number of hydrogen-bond acceptors (Lipinski definition) is 1. The van der Waals surface area contributed by atoms with Gasteiger partial charge in [-0.2, -0.15) is 0 Å². The van der Waals surface area contributed by atoms with E-state index in [-0.39, 0.29) is 11.3 Å². The molecule has 0 spiro atoms. The summed E-state index contributed by atoms with van der Waals surface area (Å²) in [6.07, 6.45) is 3.71. The third kappa shape index (κ3) is 1.06. The Labute approximate surface area is 61.3 Å². The van der Waals surface area contributed by atoms with E-state index >= 15 is 0 Å². The van der Waals surface area contributed by atoms with Crippen molar-refractivity contribution in [3.8, 4) is 0 Å². The molecule has 2 nitrogen and oxygen atoms in total. The van der Waals surface area contributed by atoms with Gasteiger partial charge in [-0.1, -0.05) is 6.08 Å². The molecule has 1 N–H and O–H groups in total.